The summed E-state index contributed by atoms with van der Waals surface area (Å²) in [5, 5.41) is 3.11. The van der Waals surface area contributed by atoms with Crippen molar-refractivity contribution >= 4 is 0 Å². The van der Waals surface area contributed by atoms with E-state index in [1.807, 2.05) is 0 Å². The number of hydrogen-bond donors (Lipinski definition) is 1. The first-order chi connectivity index (χ1) is 9.25. The Morgan fingerprint density at radius 3 is 2.68 bits per heavy atom. The molecule has 0 amide bonds. The zero-order chi connectivity index (χ0) is 13.5. The minimum Gasteiger partial charge on any atom is -0.377 e. The minimum atomic E-state index is -0.540. The first-order valence-corrected chi connectivity index (χ1v) is 7.02. The van der Waals surface area contributed by atoms with E-state index in [0.717, 1.165) is 18.9 Å². The van der Waals surface area contributed by atoms with Crippen LogP contribution in [0.25, 0.3) is 0 Å². The van der Waals surface area contributed by atoms with Crippen molar-refractivity contribution in [3.8, 4) is 0 Å². The van der Waals surface area contributed by atoms with Crippen molar-refractivity contribution in [3.63, 3.8) is 0 Å². The summed E-state index contributed by atoms with van der Waals surface area (Å²) >= 11 is 0. The molecular weight excluding hydrogens is 248 g/mol. The molecule has 2 nitrogen and oxygen atoms in total. The van der Waals surface area contributed by atoms with E-state index in [0.29, 0.717) is 31.4 Å². The maximum Gasteiger partial charge on any atom is 0.130 e. The summed E-state index contributed by atoms with van der Waals surface area (Å²) in [6.45, 7) is 1.74. The zero-order valence-corrected chi connectivity index (χ0v) is 11.1. The van der Waals surface area contributed by atoms with Crippen LogP contribution in [-0.2, 0) is 11.3 Å². The monoisotopic (exact) mass is 269 g/mol. The summed E-state index contributed by atoms with van der Waals surface area (Å²) in [4.78, 5) is 0. The number of hydrogen-bond acceptors (Lipinski definition) is 2. The maximum absolute atomic E-state index is 13.3. The molecule has 19 heavy (non-hydrogen) atoms. The van der Waals surface area contributed by atoms with E-state index in [4.69, 9.17) is 4.74 Å². The molecule has 1 fully saturated rings. The number of halogens is 2. The van der Waals surface area contributed by atoms with Gasteiger partial charge in [-0.25, -0.2) is 8.78 Å². The molecule has 0 bridgehead atoms. The third-order valence-corrected chi connectivity index (χ3v) is 3.52. The van der Waals surface area contributed by atoms with Crippen molar-refractivity contribution in [1.29, 1.82) is 0 Å². The summed E-state index contributed by atoms with van der Waals surface area (Å²) in [5.74, 6) is -1.04. The Bertz CT molecular complexity index is 392. The van der Waals surface area contributed by atoms with Gasteiger partial charge in [0, 0.05) is 24.7 Å². The highest BCUT2D eigenvalue weighted by atomic mass is 19.1. The molecule has 0 atom stereocenters. The maximum atomic E-state index is 13.3. The standard InChI is InChI=1S/C15H21F2NO/c16-13-7-6-12(15(17)10-13)11-18-8-9-19-14-4-2-1-3-5-14/h6-7,10,14,18H,1-5,8-9,11H2. The summed E-state index contributed by atoms with van der Waals surface area (Å²) in [6.07, 6.45) is 6.57. The molecule has 2 rings (SSSR count). The van der Waals surface area contributed by atoms with Crippen LogP contribution in [0.15, 0.2) is 18.2 Å². The molecule has 4 heteroatoms. The van der Waals surface area contributed by atoms with Gasteiger partial charge in [0.25, 0.3) is 0 Å². The van der Waals surface area contributed by atoms with Gasteiger partial charge in [-0.3, -0.25) is 0 Å². The van der Waals surface area contributed by atoms with E-state index >= 15 is 0 Å². The summed E-state index contributed by atoms with van der Waals surface area (Å²) < 4.78 is 31.8. The van der Waals surface area contributed by atoms with Crippen molar-refractivity contribution in [2.75, 3.05) is 13.2 Å². The topological polar surface area (TPSA) is 21.3 Å². The van der Waals surface area contributed by atoms with Crippen molar-refractivity contribution in [2.24, 2.45) is 0 Å². The van der Waals surface area contributed by atoms with Crippen LogP contribution in [0.2, 0.25) is 0 Å². The van der Waals surface area contributed by atoms with E-state index in [1.165, 1.54) is 31.4 Å². The van der Waals surface area contributed by atoms with Gasteiger partial charge in [0.15, 0.2) is 0 Å². The lowest BCUT2D eigenvalue weighted by Crippen LogP contribution is -2.24. The highest BCUT2D eigenvalue weighted by molar-refractivity contribution is 5.18. The van der Waals surface area contributed by atoms with Gasteiger partial charge in [0.05, 0.1) is 12.7 Å². The summed E-state index contributed by atoms with van der Waals surface area (Å²) in [7, 11) is 0. The second-order valence-corrected chi connectivity index (χ2v) is 5.04. The smallest absolute Gasteiger partial charge is 0.130 e. The molecular formula is C15H21F2NO. The highest BCUT2D eigenvalue weighted by Gasteiger charge is 2.12. The lowest BCUT2D eigenvalue weighted by Gasteiger charge is -2.22. The highest BCUT2D eigenvalue weighted by Crippen LogP contribution is 2.19. The van der Waals surface area contributed by atoms with Gasteiger partial charge >= 0.3 is 0 Å². The molecule has 1 aromatic carbocycles. The molecule has 0 aliphatic heterocycles. The zero-order valence-electron chi connectivity index (χ0n) is 11.1. The molecule has 106 valence electrons. The van der Waals surface area contributed by atoms with E-state index in [2.05, 4.69) is 5.32 Å². The van der Waals surface area contributed by atoms with Crippen LogP contribution < -0.4 is 5.32 Å². The van der Waals surface area contributed by atoms with Crippen LogP contribution >= 0.6 is 0 Å². The van der Waals surface area contributed by atoms with Gasteiger partial charge in [-0.2, -0.15) is 0 Å². The van der Waals surface area contributed by atoms with Crippen molar-refractivity contribution < 1.29 is 13.5 Å². The van der Waals surface area contributed by atoms with E-state index in [9.17, 15) is 8.78 Å². The first-order valence-electron chi connectivity index (χ1n) is 7.02. The number of benzene rings is 1. The molecule has 0 unspecified atom stereocenters. The number of nitrogens with one attached hydrogen (secondary N) is 1. The van der Waals surface area contributed by atoms with E-state index in [1.54, 1.807) is 0 Å². The van der Waals surface area contributed by atoms with Gasteiger partial charge in [0.1, 0.15) is 11.6 Å². The number of ether oxygens (including phenoxy) is 1. The molecule has 0 saturated heterocycles. The van der Waals surface area contributed by atoms with E-state index < -0.39 is 11.6 Å². The fraction of sp³-hybridized carbons (Fsp3) is 0.600. The fourth-order valence-electron chi connectivity index (χ4n) is 2.42. The Balaban J connectivity index is 1.61. The molecule has 0 spiro atoms. The van der Waals surface area contributed by atoms with Crippen LogP contribution in [0.4, 0.5) is 8.78 Å². The van der Waals surface area contributed by atoms with Gasteiger partial charge in [0.2, 0.25) is 0 Å². The SMILES string of the molecule is Fc1ccc(CNCCOC2CCCCC2)c(F)c1. The Morgan fingerprint density at radius 2 is 1.95 bits per heavy atom. The summed E-state index contributed by atoms with van der Waals surface area (Å²) in [6, 6.07) is 3.66. The molecule has 1 saturated carbocycles. The normalized spacial score (nSPS) is 16.7. The molecule has 1 aliphatic rings. The fourth-order valence-corrected chi connectivity index (χ4v) is 2.42. The Hall–Kier alpha value is -1.00. The van der Waals surface area contributed by atoms with Crippen LogP contribution in [0.1, 0.15) is 37.7 Å². The predicted octanol–water partition coefficient (Wildman–Crippen LogP) is 3.40. The average Bonchev–Trinajstić information content (AvgIpc) is 2.42. The van der Waals surface area contributed by atoms with Crippen molar-refractivity contribution in [1.82, 2.24) is 5.32 Å². The first kappa shape index (κ1) is 14.4. The molecule has 0 radical (unpaired) electrons. The van der Waals surface area contributed by atoms with Gasteiger partial charge in [-0.1, -0.05) is 25.3 Å². The number of rotatable bonds is 6. The van der Waals surface area contributed by atoms with E-state index in [-0.39, 0.29) is 0 Å². The van der Waals surface area contributed by atoms with Crippen LogP contribution in [0.3, 0.4) is 0 Å². The lowest BCUT2D eigenvalue weighted by atomic mass is 9.98. The molecule has 0 heterocycles. The van der Waals surface area contributed by atoms with Gasteiger partial charge < -0.3 is 10.1 Å². The summed E-state index contributed by atoms with van der Waals surface area (Å²) in [5.41, 5.74) is 0.485. The Morgan fingerprint density at radius 1 is 1.16 bits per heavy atom. The third kappa shape index (κ3) is 4.88. The van der Waals surface area contributed by atoms with Gasteiger partial charge in [-0.15, -0.1) is 0 Å². The van der Waals surface area contributed by atoms with Crippen LogP contribution in [-0.4, -0.2) is 19.3 Å². The molecule has 1 aromatic rings. The molecule has 0 aromatic heterocycles. The van der Waals surface area contributed by atoms with Crippen LogP contribution in [0.5, 0.6) is 0 Å². The second-order valence-electron chi connectivity index (χ2n) is 5.04. The van der Waals surface area contributed by atoms with Crippen molar-refractivity contribution in [2.45, 2.75) is 44.8 Å². The Labute approximate surface area is 113 Å². The minimum absolute atomic E-state index is 0.401. The second kappa shape index (κ2) is 7.56. The van der Waals surface area contributed by atoms with Crippen molar-refractivity contribution in [3.05, 3.63) is 35.4 Å². The van der Waals surface area contributed by atoms with Crippen LogP contribution in [0, 0.1) is 11.6 Å². The Kier molecular flexibility index (Phi) is 5.73. The largest absolute Gasteiger partial charge is 0.377 e. The molecule has 1 aliphatic carbocycles. The third-order valence-electron chi connectivity index (χ3n) is 3.52. The quantitative estimate of drug-likeness (QED) is 0.799. The molecule has 1 N–H and O–H groups in total. The lowest BCUT2D eigenvalue weighted by molar-refractivity contribution is 0.0302. The van der Waals surface area contributed by atoms with Gasteiger partial charge in [-0.05, 0) is 18.9 Å². The predicted molar refractivity (Wildman–Crippen MR) is 70.9 cm³/mol. The average molecular weight is 269 g/mol.